The maximum Gasteiger partial charge on any atom is 0.262 e. The molecule has 5 heteroatoms. The predicted octanol–water partition coefficient (Wildman–Crippen LogP) is 5.57. The standard InChI is InChI=1S/C27H32N2O3/c1-4-31-26-16-21(12-13-25(26)32-18-22-10-7-8-19(2)14-22)15-23(17-28)27(30)29-24-11-6-5-9-20(24)3/h7-8,10,12-16,20,24H,4-6,9,11,18H2,1-3H3,(H,29,30)/b23-15+/t20-,24+/m0/s1. The van der Waals surface area contributed by atoms with Crippen LogP contribution in [0.2, 0.25) is 0 Å². The van der Waals surface area contributed by atoms with Crippen molar-refractivity contribution >= 4 is 12.0 Å². The van der Waals surface area contributed by atoms with Gasteiger partial charge in [0.1, 0.15) is 18.2 Å². The second-order valence-corrected chi connectivity index (χ2v) is 8.43. The third kappa shape index (κ3) is 6.37. The van der Waals surface area contributed by atoms with E-state index >= 15 is 0 Å². The lowest BCUT2D eigenvalue weighted by molar-refractivity contribution is -0.118. The van der Waals surface area contributed by atoms with Crippen LogP contribution in [-0.4, -0.2) is 18.6 Å². The predicted molar refractivity (Wildman–Crippen MR) is 126 cm³/mol. The Labute approximate surface area is 191 Å². The first-order chi connectivity index (χ1) is 15.5. The molecule has 0 aromatic heterocycles. The zero-order chi connectivity index (χ0) is 22.9. The normalized spacial score (nSPS) is 18.5. The number of carbonyl (C=O) groups excluding carboxylic acids is 1. The summed E-state index contributed by atoms with van der Waals surface area (Å²) in [5.41, 5.74) is 3.08. The van der Waals surface area contributed by atoms with Crippen LogP contribution >= 0.6 is 0 Å². The number of benzene rings is 2. The van der Waals surface area contributed by atoms with Crippen LogP contribution < -0.4 is 14.8 Å². The molecule has 1 aliphatic rings. The SMILES string of the molecule is CCOc1cc(/C=C(\C#N)C(=O)N[C@@H]2CCCC[C@@H]2C)ccc1OCc1cccc(C)c1. The topological polar surface area (TPSA) is 71.3 Å². The highest BCUT2D eigenvalue weighted by molar-refractivity contribution is 6.01. The molecule has 5 nitrogen and oxygen atoms in total. The highest BCUT2D eigenvalue weighted by Gasteiger charge is 2.24. The Morgan fingerprint density at radius 3 is 2.69 bits per heavy atom. The highest BCUT2D eigenvalue weighted by Crippen LogP contribution is 2.30. The highest BCUT2D eigenvalue weighted by atomic mass is 16.5. The van der Waals surface area contributed by atoms with Crippen LogP contribution in [0, 0.1) is 24.2 Å². The summed E-state index contributed by atoms with van der Waals surface area (Å²) < 4.78 is 11.8. The zero-order valence-electron chi connectivity index (χ0n) is 19.2. The van der Waals surface area contributed by atoms with Gasteiger partial charge in [0.15, 0.2) is 11.5 Å². The van der Waals surface area contributed by atoms with Gasteiger partial charge in [0.2, 0.25) is 0 Å². The van der Waals surface area contributed by atoms with Gasteiger partial charge in [0, 0.05) is 6.04 Å². The van der Waals surface area contributed by atoms with Crippen molar-refractivity contribution in [2.75, 3.05) is 6.61 Å². The van der Waals surface area contributed by atoms with Gasteiger partial charge in [0.25, 0.3) is 5.91 Å². The second kappa shape index (κ2) is 11.4. The molecule has 168 valence electrons. The summed E-state index contributed by atoms with van der Waals surface area (Å²) in [6, 6.07) is 15.8. The minimum Gasteiger partial charge on any atom is -0.490 e. The summed E-state index contributed by atoms with van der Waals surface area (Å²) in [4.78, 5) is 12.7. The first-order valence-corrected chi connectivity index (χ1v) is 11.4. The number of hydrogen-bond acceptors (Lipinski definition) is 4. The van der Waals surface area contributed by atoms with Crippen LogP contribution in [-0.2, 0) is 11.4 Å². The Bertz CT molecular complexity index is 1010. The first kappa shape index (κ1) is 23.4. The average molecular weight is 433 g/mol. The summed E-state index contributed by atoms with van der Waals surface area (Å²) in [6.45, 7) is 7.03. The van der Waals surface area contributed by atoms with Gasteiger partial charge in [-0.15, -0.1) is 0 Å². The number of carbonyl (C=O) groups is 1. The van der Waals surface area contributed by atoms with Crippen LogP contribution in [0.25, 0.3) is 6.08 Å². The molecule has 0 spiro atoms. The van der Waals surface area contributed by atoms with Crippen molar-refractivity contribution in [3.63, 3.8) is 0 Å². The Morgan fingerprint density at radius 2 is 1.97 bits per heavy atom. The van der Waals surface area contributed by atoms with Crippen molar-refractivity contribution in [2.24, 2.45) is 5.92 Å². The van der Waals surface area contributed by atoms with Crippen molar-refractivity contribution in [1.82, 2.24) is 5.32 Å². The lowest BCUT2D eigenvalue weighted by Gasteiger charge is -2.29. The molecule has 0 heterocycles. The molecule has 0 radical (unpaired) electrons. The molecule has 2 aromatic rings. The Morgan fingerprint density at radius 1 is 1.16 bits per heavy atom. The number of nitrogens with zero attached hydrogens (tertiary/aromatic N) is 1. The summed E-state index contributed by atoms with van der Waals surface area (Å²) in [7, 11) is 0. The summed E-state index contributed by atoms with van der Waals surface area (Å²) >= 11 is 0. The van der Waals surface area contributed by atoms with Crippen LogP contribution in [0.5, 0.6) is 11.5 Å². The minimum absolute atomic E-state index is 0.0960. The molecule has 1 fully saturated rings. The van der Waals surface area contributed by atoms with Gasteiger partial charge in [-0.1, -0.05) is 55.7 Å². The summed E-state index contributed by atoms with van der Waals surface area (Å²) in [5.74, 6) is 1.34. The van der Waals surface area contributed by atoms with E-state index in [9.17, 15) is 10.1 Å². The lowest BCUT2D eigenvalue weighted by Crippen LogP contribution is -2.41. The second-order valence-electron chi connectivity index (χ2n) is 8.43. The van der Waals surface area contributed by atoms with E-state index in [1.807, 2.05) is 56.3 Å². The Hall–Kier alpha value is -3.26. The molecule has 32 heavy (non-hydrogen) atoms. The van der Waals surface area contributed by atoms with E-state index in [0.717, 1.165) is 30.4 Å². The van der Waals surface area contributed by atoms with Crippen molar-refractivity contribution < 1.29 is 14.3 Å². The fourth-order valence-corrected chi connectivity index (χ4v) is 4.06. The number of rotatable bonds is 8. The maximum atomic E-state index is 12.7. The van der Waals surface area contributed by atoms with Gasteiger partial charge in [-0.05, 0) is 61.9 Å². The summed E-state index contributed by atoms with van der Waals surface area (Å²) in [5, 5.41) is 12.6. The summed E-state index contributed by atoms with van der Waals surface area (Å²) in [6.07, 6.45) is 6.00. The smallest absolute Gasteiger partial charge is 0.262 e. The lowest BCUT2D eigenvalue weighted by atomic mass is 9.86. The molecule has 0 saturated heterocycles. The molecular weight excluding hydrogens is 400 g/mol. The van der Waals surface area contributed by atoms with Gasteiger partial charge < -0.3 is 14.8 Å². The minimum atomic E-state index is -0.316. The van der Waals surface area contributed by atoms with E-state index in [-0.39, 0.29) is 17.5 Å². The molecular formula is C27H32N2O3. The average Bonchev–Trinajstić information content (AvgIpc) is 2.78. The van der Waals surface area contributed by atoms with Crippen molar-refractivity contribution in [3.05, 3.63) is 64.7 Å². The largest absolute Gasteiger partial charge is 0.490 e. The van der Waals surface area contributed by atoms with E-state index in [1.165, 1.54) is 12.0 Å². The van der Waals surface area contributed by atoms with E-state index in [4.69, 9.17) is 9.47 Å². The van der Waals surface area contributed by atoms with Crippen molar-refractivity contribution in [3.8, 4) is 17.6 Å². The molecule has 2 atom stereocenters. The molecule has 1 N–H and O–H groups in total. The Kier molecular flexibility index (Phi) is 8.33. The fraction of sp³-hybridized carbons (Fsp3) is 0.407. The van der Waals surface area contributed by atoms with Crippen LogP contribution in [0.1, 0.15) is 56.2 Å². The van der Waals surface area contributed by atoms with Gasteiger partial charge in [-0.25, -0.2) is 0 Å². The molecule has 1 saturated carbocycles. The zero-order valence-corrected chi connectivity index (χ0v) is 19.2. The number of nitriles is 1. The molecule has 2 aromatic carbocycles. The van der Waals surface area contributed by atoms with Crippen LogP contribution in [0.15, 0.2) is 48.0 Å². The van der Waals surface area contributed by atoms with E-state index in [0.29, 0.717) is 30.6 Å². The number of aryl methyl sites for hydroxylation is 1. The third-order valence-corrected chi connectivity index (χ3v) is 5.85. The number of amides is 1. The number of ether oxygens (including phenoxy) is 2. The van der Waals surface area contributed by atoms with Crippen molar-refractivity contribution in [2.45, 2.75) is 59.1 Å². The fourth-order valence-electron chi connectivity index (χ4n) is 4.06. The molecule has 0 bridgehead atoms. The Balaban J connectivity index is 1.74. The number of hydrogen-bond donors (Lipinski definition) is 1. The first-order valence-electron chi connectivity index (χ1n) is 11.4. The van der Waals surface area contributed by atoms with E-state index < -0.39 is 0 Å². The van der Waals surface area contributed by atoms with Crippen LogP contribution in [0.4, 0.5) is 0 Å². The van der Waals surface area contributed by atoms with Gasteiger partial charge >= 0.3 is 0 Å². The third-order valence-electron chi connectivity index (χ3n) is 5.85. The molecule has 0 aliphatic heterocycles. The van der Waals surface area contributed by atoms with Gasteiger partial charge in [0.05, 0.1) is 6.61 Å². The van der Waals surface area contributed by atoms with Gasteiger partial charge in [-0.2, -0.15) is 5.26 Å². The van der Waals surface area contributed by atoms with Crippen molar-refractivity contribution in [1.29, 1.82) is 5.26 Å². The maximum absolute atomic E-state index is 12.7. The molecule has 1 aliphatic carbocycles. The van der Waals surface area contributed by atoms with Crippen LogP contribution in [0.3, 0.4) is 0 Å². The van der Waals surface area contributed by atoms with E-state index in [2.05, 4.69) is 18.3 Å². The molecule has 1 amide bonds. The van der Waals surface area contributed by atoms with E-state index in [1.54, 1.807) is 6.08 Å². The van der Waals surface area contributed by atoms with Gasteiger partial charge in [-0.3, -0.25) is 4.79 Å². The molecule has 3 rings (SSSR count). The monoisotopic (exact) mass is 432 g/mol. The quantitative estimate of drug-likeness (QED) is 0.437. The number of nitrogens with one attached hydrogen (secondary N) is 1. The molecule has 0 unspecified atom stereocenters.